The first-order valence-corrected chi connectivity index (χ1v) is 6.24. The number of rotatable bonds is 1. The van der Waals surface area contributed by atoms with Crippen LogP contribution in [0.2, 0.25) is 0 Å². The molecule has 0 unspecified atom stereocenters. The van der Waals surface area contributed by atoms with Crippen molar-refractivity contribution in [1.82, 2.24) is 0 Å². The van der Waals surface area contributed by atoms with Crippen molar-refractivity contribution >= 4 is 21.4 Å². The number of hydrogen-bond donors (Lipinski definition) is 0. The highest BCUT2D eigenvalue weighted by Crippen LogP contribution is 2.23. The van der Waals surface area contributed by atoms with E-state index in [-0.39, 0.29) is 4.74 Å². The fraction of sp³-hybridized carbons (Fsp3) is 0. The minimum Gasteiger partial charge on any atom is -0.277 e. The Labute approximate surface area is 103 Å². The molecule has 0 spiro atoms. The molecule has 0 aliphatic rings. The summed E-state index contributed by atoms with van der Waals surface area (Å²) < 4.78 is 1.16. The van der Waals surface area contributed by atoms with Crippen molar-refractivity contribution < 1.29 is 0 Å². The number of benzene rings is 2. The van der Waals surface area contributed by atoms with Crippen LogP contribution in [0.3, 0.4) is 0 Å². The fourth-order valence-electron chi connectivity index (χ4n) is 1.88. The molecule has 17 heavy (non-hydrogen) atoms. The van der Waals surface area contributed by atoms with Crippen LogP contribution >= 0.6 is 11.3 Å². The van der Waals surface area contributed by atoms with Crippen molar-refractivity contribution in [3.63, 3.8) is 0 Å². The van der Waals surface area contributed by atoms with E-state index in [1.807, 2.05) is 60.7 Å². The molecule has 1 heterocycles. The summed E-state index contributed by atoms with van der Waals surface area (Å²) >= 11 is 1.31. The van der Waals surface area contributed by atoms with E-state index in [4.69, 9.17) is 0 Å². The molecule has 1 nitrogen and oxygen atoms in total. The third-order valence-electron chi connectivity index (χ3n) is 2.73. The normalized spacial score (nSPS) is 10.6. The molecule has 0 bridgehead atoms. The van der Waals surface area contributed by atoms with Crippen molar-refractivity contribution in [1.29, 1.82) is 0 Å². The van der Waals surface area contributed by atoms with Crippen molar-refractivity contribution in [2.45, 2.75) is 0 Å². The first-order valence-electron chi connectivity index (χ1n) is 5.43. The van der Waals surface area contributed by atoms with Crippen molar-refractivity contribution in [3.8, 4) is 11.1 Å². The highest BCUT2D eigenvalue weighted by Gasteiger charge is 2.04. The smallest absolute Gasteiger partial charge is 0.240 e. The van der Waals surface area contributed by atoms with Crippen LogP contribution < -0.4 is 4.74 Å². The van der Waals surface area contributed by atoms with Crippen LogP contribution in [0, 0.1) is 0 Å². The maximum absolute atomic E-state index is 12.1. The molecule has 0 N–H and O–H groups in total. The van der Waals surface area contributed by atoms with Crippen molar-refractivity contribution in [2.75, 3.05) is 0 Å². The monoisotopic (exact) mass is 238 g/mol. The van der Waals surface area contributed by atoms with E-state index in [1.54, 1.807) is 0 Å². The lowest BCUT2D eigenvalue weighted by atomic mass is 10.1. The Balaban J connectivity index is 2.31. The van der Waals surface area contributed by atoms with Gasteiger partial charge in [-0.05, 0) is 23.1 Å². The Hall–Kier alpha value is -1.93. The molecule has 0 atom stereocenters. The van der Waals surface area contributed by atoms with Gasteiger partial charge in [-0.2, -0.15) is 0 Å². The van der Waals surface area contributed by atoms with E-state index in [1.165, 1.54) is 11.3 Å². The molecule has 2 aromatic carbocycles. The second kappa shape index (κ2) is 4.15. The molecule has 1 aromatic heterocycles. The van der Waals surface area contributed by atoms with Crippen LogP contribution in [0.25, 0.3) is 21.2 Å². The summed E-state index contributed by atoms with van der Waals surface area (Å²) in [5, 5.41) is 1.12. The van der Waals surface area contributed by atoms with Gasteiger partial charge in [0.05, 0.1) is 0 Å². The molecule has 3 aromatic rings. The van der Waals surface area contributed by atoms with E-state index in [9.17, 15) is 4.79 Å². The maximum atomic E-state index is 12.1. The lowest BCUT2D eigenvalue weighted by Crippen LogP contribution is -1.98. The van der Waals surface area contributed by atoms with E-state index in [0.29, 0.717) is 0 Å². The van der Waals surface area contributed by atoms with Gasteiger partial charge in [-0.25, -0.2) is 0 Å². The van der Waals surface area contributed by atoms with Crippen molar-refractivity contribution in [2.24, 2.45) is 0 Å². The summed E-state index contributed by atoms with van der Waals surface area (Å²) in [5.74, 6) is 0. The highest BCUT2D eigenvalue weighted by molar-refractivity contribution is 7.16. The van der Waals surface area contributed by atoms with Gasteiger partial charge in [-0.1, -0.05) is 59.9 Å². The second-order valence-corrected chi connectivity index (χ2v) is 4.87. The largest absolute Gasteiger partial charge is 0.277 e. The topological polar surface area (TPSA) is 17.1 Å². The zero-order valence-corrected chi connectivity index (χ0v) is 9.91. The van der Waals surface area contributed by atoms with Gasteiger partial charge in [0.2, 0.25) is 4.74 Å². The van der Waals surface area contributed by atoms with E-state index < -0.39 is 0 Å². The van der Waals surface area contributed by atoms with Crippen molar-refractivity contribution in [3.05, 3.63) is 70.2 Å². The van der Waals surface area contributed by atoms with E-state index in [0.717, 1.165) is 21.2 Å². The van der Waals surface area contributed by atoms with E-state index in [2.05, 4.69) is 0 Å². The summed E-state index contributed by atoms with van der Waals surface area (Å²) in [7, 11) is 0. The van der Waals surface area contributed by atoms with Gasteiger partial charge in [0.15, 0.2) is 0 Å². The molecule has 0 radical (unpaired) electrons. The molecule has 0 saturated heterocycles. The van der Waals surface area contributed by atoms with Gasteiger partial charge in [0.1, 0.15) is 0 Å². The van der Waals surface area contributed by atoms with Crippen LogP contribution in [-0.4, -0.2) is 0 Å². The minimum absolute atomic E-state index is 0.120. The van der Waals surface area contributed by atoms with Crippen LogP contribution in [0.5, 0.6) is 0 Å². The number of hydrogen-bond acceptors (Lipinski definition) is 2. The molecule has 0 fully saturated rings. The first-order chi connectivity index (χ1) is 8.34. The van der Waals surface area contributed by atoms with Gasteiger partial charge in [0.25, 0.3) is 0 Å². The zero-order valence-electron chi connectivity index (χ0n) is 9.09. The standard InChI is InChI=1S/C15H10OS/c16-15-13(11-6-2-1-3-7-11)10-12-8-4-5-9-14(12)17-15/h1-10H. The molecule has 0 saturated carbocycles. The van der Waals surface area contributed by atoms with Gasteiger partial charge in [-0.15, -0.1) is 0 Å². The van der Waals surface area contributed by atoms with Crippen LogP contribution in [-0.2, 0) is 0 Å². The summed E-state index contributed by atoms with van der Waals surface area (Å²) in [6.45, 7) is 0. The lowest BCUT2D eigenvalue weighted by Gasteiger charge is -2.01. The predicted octanol–water partition coefficient (Wildman–Crippen LogP) is 3.93. The second-order valence-electron chi connectivity index (χ2n) is 3.85. The molecular formula is C15H10OS. The summed E-state index contributed by atoms with van der Waals surface area (Å²) in [4.78, 5) is 12.1. The third kappa shape index (κ3) is 1.87. The van der Waals surface area contributed by atoms with E-state index >= 15 is 0 Å². The molecule has 82 valence electrons. The van der Waals surface area contributed by atoms with Gasteiger partial charge >= 0.3 is 0 Å². The van der Waals surface area contributed by atoms with Crippen LogP contribution in [0.4, 0.5) is 0 Å². The van der Waals surface area contributed by atoms with Gasteiger partial charge < -0.3 is 0 Å². The Bertz CT molecular complexity index is 714. The Morgan fingerprint density at radius 1 is 0.824 bits per heavy atom. The SMILES string of the molecule is O=c1sc2ccccc2cc1-c1ccccc1. The van der Waals surface area contributed by atoms with Crippen LogP contribution in [0.15, 0.2) is 65.5 Å². The lowest BCUT2D eigenvalue weighted by molar-refractivity contribution is 1.64. The third-order valence-corrected chi connectivity index (χ3v) is 3.72. The average molecular weight is 238 g/mol. The van der Waals surface area contributed by atoms with Gasteiger partial charge in [0, 0.05) is 10.3 Å². The molecule has 0 amide bonds. The Morgan fingerprint density at radius 2 is 1.53 bits per heavy atom. The molecule has 0 aliphatic carbocycles. The summed E-state index contributed by atoms with van der Waals surface area (Å²) in [5.41, 5.74) is 1.77. The predicted molar refractivity (Wildman–Crippen MR) is 73.5 cm³/mol. The fourth-order valence-corrected chi connectivity index (χ4v) is 2.76. The van der Waals surface area contributed by atoms with Gasteiger partial charge in [-0.3, -0.25) is 4.79 Å². The zero-order chi connectivity index (χ0) is 11.7. The quantitative estimate of drug-likeness (QED) is 0.627. The minimum atomic E-state index is 0.120. The highest BCUT2D eigenvalue weighted by atomic mass is 32.1. The Kier molecular flexibility index (Phi) is 2.50. The summed E-state index contributed by atoms with van der Waals surface area (Å²) in [6, 6.07) is 19.8. The van der Waals surface area contributed by atoms with Crippen LogP contribution in [0.1, 0.15) is 0 Å². The number of fused-ring (bicyclic) bond motifs is 1. The molecular weight excluding hydrogens is 228 g/mol. The first kappa shape index (κ1) is 10.2. The molecule has 0 aliphatic heterocycles. The summed E-state index contributed by atoms with van der Waals surface area (Å²) in [6.07, 6.45) is 0. The Morgan fingerprint density at radius 3 is 2.35 bits per heavy atom. The molecule has 3 rings (SSSR count). The maximum Gasteiger partial charge on any atom is 0.240 e. The molecule has 2 heteroatoms. The average Bonchev–Trinajstić information content (AvgIpc) is 2.39.